The molecule has 2 heterocycles. The normalized spacial score (nSPS) is 29.8. The van der Waals surface area contributed by atoms with Crippen LogP contribution >= 0.6 is 0 Å². The van der Waals surface area contributed by atoms with Gasteiger partial charge in [0.25, 0.3) is 0 Å². The number of rotatable bonds is 3. The van der Waals surface area contributed by atoms with Crippen LogP contribution in [0.4, 0.5) is 5.69 Å². The van der Waals surface area contributed by atoms with Crippen molar-refractivity contribution in [2.45, 2.75) is 44.5 Å². The Kier molecular flexibility index (Phi) is 4.81. The minimum atomic E-state index is -1.43. The monoisotopic (exact) mass is 351 g/mol. The summed E-state index contributed by atoms with van der Waals surface area (Å²) in [4.78, 5) is 11.8. The standard InChI is InChI=1S/C17H21NO7/c1-7-8(2)16(22)24-11-5-9(3-4-10(7)11)18-13-15(21)14(20)12(6-19)25-17(13)23/h3-5,12-15,17-21,23H,6H2,1-2H3/t12?,13-,14+,15?,17?/m0/s1. The Bertz CT molecular complexity index is 834. The molecule has 0 amide bonds. The van der Waals surface area contributed by atoms with Gasteiger partial charge in [-0.25, -0.2) is 4.79 Å². The van der Waals surface area contributed by atoms with Gasteiger partial charge in [-0.3, -0.25) is 0 Å². The molecule has 25 heavy (non-hydrogen) atoms. The van der Waals surface area contributed by atoms with Gasteiger partial charge < -0.3 is 34.9 Å². The molecule has 1 aromatic heterocycles. The second kappa shape index (κ2) is 6.74. The molecule has 8 nitrogen and oxygen atoms in total. The van der Waals surface area contributed by atoms with Gasteiger partial charge in [-0.1, -0.05) is 0 Å². The fourth-order valence-electron chi connectivity index (χ4n) is 2.98. The lowest BCUT2D eigenvalue weighted by atomic mass is 9.96. The number of ether oxygens (including phenoxy) is 1. The first-order valence-corrected chi connectivity index (χ1v) is 7.94. The summed E-state index contributed by atoms with van der Waals surface area (Å²) in [5.74, 6) is 0. The van der Waals surface area contributed by atoms with Crippen molar-refractivity contribution in [2.24, 2.45) is 0 Å². The Morgan fingerprint density at radius 2 is 1.84 bits per heavy atom. The number of nitrogens with one attached hydrogen (secondary N) is 1. The first-order valence-electron chi connectivity index (χ1n) is 7.94. The summed E-state index contributed by atoms with van der Waals surface area (Å²) in [5.41, 5.74) is 1.77. The molecular formula is C17H21NO7. The van der Waals surface area contributed by atoms with Crippen molar-refractivity contribution < 1.29 is 29.6 Å². The van der Waals surface area contributed by atoms with Crippen molar-refractivity contribution >= 4 is 16.7 Å². The first kappa shape index (κ1) is 17.8. The fraction of sp³-hybridized carbons (Fsp3) is 0.471. The highest BCUT2D eigenvalue weighted by atomic mass is 16.6. The van der Waals surface area contributed by atoms with Gasteiger partial charge in [0, 0.05) is 22.7 Å². The zero-order chi connectivity index (χ0) is 18.3. The molecule has 5 atom stereocenters. The van der Waals surface area contributed by atoms with E-state index in [1.165, 1.54) is 0 Å². The number of hydrogen-bond acceptors (Lipinski definition) is 8. The molecule has 136 valence electrons. The highest BCUT2D eigenvalue weighted by molar-refractivity contribution is 5.84. The quantitative estimate of drug-likeness (QED) is 0.473. The highest BCUT2D eigenvalue weighted by Gasteiger charge is 2.43. The smallest absolute Gasteiger partial charge is 0.339 e. The Hall–Kier alpha value is -1.97. The second-order valence-electron chi connectivity index (χ2n) is 6.25. The van der Waals surface area contributed by atoms with Gasteiger partial charge >= 0.3 is 5.63 Å². The molecule has 0 bridgehead atoms. The van der Waals surface area contributed by atoms with Crippen molar-refractivity contribution in [3.63, 3.8) is 0 Å². The lowest BCUT2D eigenvalue weighted by molar-refractivity contribution is -0.245. The minimum absolute atomic E-state index is 0.368. The Morgan fingerprint density at radius 1 is 1.12 bits per heavy atom. The average molecular weight is 351 g/mol. The van der Waals surface area contributed by atoms with E-state index < -0.39 is 42.9 Å². The molecule has 5 N–H and O–H groups in total. The predicted molar refractivity (Wildman–Crippen MR) is 89.3 cm³/mol. The van der Waals surface area contributed by atoms with Crippen molar-refractivity contribution in [2.75, 3.05) is 11.9 Å². The fourth-order valence-corrected chi connectivity index (χ4v) is 2.98. The highest BCUT2D eigenvalue weighted by Crippen LogP contribution is 2.26. The van der Waals surface area contributed by atoms with E-state index in [0.717, 1.165) is 10.9 Å². The van der Waals surface area contributed by atoms with E-state index in [2.05, 4.69) is 5.32 Å². The van der Waals surface area contributed by atoms with E-state index in [4.69, 9.17) is 14.3 Å². The Morgan fingerprint density at radius 3 is 2.52 bits per heavy atom. The molecule has 3 unspecified atom stereocenters. The van der Waals surface area contributed by atoms with Crippen molar-refractivity contribution in [1.29, 1.82) is 0 Å². The van der Waals surface area contributed by atoms with E-state index >= 15 is 0 Å². The molecule has 1 fully saturated rings. The molecule has 0 aliphatic carbocycles. The topological polar surface area (TPSA) is 132 Å². The third-order valence-electron chi connectivity index (χ3n) is 4.69. The minimum Gasteiger partial charge on any atom is -0.422 e. The van der Waals surface area contributed by atoms with Crippen LogP contribution in [0.25, 0.3) is 11.0 Å². The Labute approximate surface area is 143 Å². The van der Waals surface area contributed by atoms with E-state index in [1.54, 1.807) is 25.1 Å². The molecular weight excluding hydrogens is 330 g/mol. The van der Waals surface area contributed by atoms with Crippen LogP contribution in [0.1, 0.15) is 11.1 Å². The molecule has 1 saturated heterocycles. The number of anilines is 1. The van der Waals surface area contributed by atoms with E-state index in [-0.39, 0.29) is 0 Å². The van der Waals surface area contributed by atoms with Crippen LogP contribution in [-0.2, 0) is 4.74 Å². The van der Waals surface area contributed by atoms with Crippen molar-refractivity contribution in [3.8, 4) is 0 Å². The summed E-state index contributed by atoms with van der Waals surface area (Å²) in [7, 11) is 0. The summed E-state index contributed by atoms with van der Waals surface area (Å²) in [6, 6.07) is 4.03. The van der Waals surface area contributed by atoms with Gasteiger partial charge in [-0.2, -0.15) is 0 Å². The lowest BCUT2D eigenvalue weighted by Gasteiger charge is -2.40. The van der Waals surface area contributed by atoms with Gasteiger partial charge in [0.1, 0.15) is 29.9 Å². The number of hydrogen-bond donors (Lipinski definition) is 5. The molecule has 1 aliphatic heterocycles. The maximum Gasteiger partial charge on any atom is 0.339 e. The first-order chi connectivity index (χ1) is 11.8. The molecule has 0 radical (unpaired) electrons. The molecule has 8 heteroatoms. The maximum atomic E-state index is 11.8. The second-order valence-corrected chi connectivity index (χ2v) is 6.25. The molecule has 1 aromatic carbocycles. The molecule has 3 rings (SSSR count). The summed E-state index contributed by atoms with van der Waals surface area (Å²) in [6.07, 6.45) is -5.21. The summed E-state index contributed by atoms with van der Waals surface area (Å²) in [5, 5.41) is 42.9. The van der Waals surface area contributed by atoms with E-state index in [1.807, 2.05) is 6.92 Å². The maximum absolute atomic E-state index is 11.8. The largest absolute Gasteiger partial charge is 0.422 e. The predicted octanol–water partition coefficient (Wildman–Crippen LogP) is -0.378. The number of aryl methyl sites for hydroxylation is 1. The molecule has 0 spiro atoms. The molecule has 0 saturated carbocycles. The van der Waals surface area contributed by atoms with Gasteiger partial charge in [-0.05, 0) is 31.5 Å². The van der Waals surface area contributed by atoms with Crippen LogP contribution in [-0.4, -0.2) is 57.7 Å². The van der Waals surface area contributed by atoms with Crippen molar-refractivity contribution in [3.05, 3.63) is 39.7 Å². The van der Waals surface area contributed by atoms with Gasteiger partial charge in [0.2, 0.25) is 0 Å². The lowest BCUT2D eigenvalue weighted by Crippen LogP contribution is -2.61. The van der Waals surface area contributed by atoms with Crippen LogP contribution in [0.2, 0.25) is 0 Å². The number of aliphatic hydroxyl groups excluding tert-OH is 4. The van der Waals surface area contributed by atoms with Gasteiger partial charge in [0.15, 0.2) is 6.29 Å². The third-order valence-corrected chi connectivity index (χ3v) is 4.69. The summed E-state index contributed by atoms with van der Waals surface area (Å²) < 4.78 is 10.4. The molecule has 2 aromatic rings. The molecule has 1 aliphatic rings. The van der Waals surface area contributed by atoms with Gasteiger partial charge in [-0.15, -0.1) is 0 Å². The Balaban J connectivity index is 1.90. The zero-order valence-corrected chi connectivity index (χ0v) is 13.8. The van der Waals surface area contributed by atoms with Crippen LogP contribution in [0.5, 0.6) is 0 Å². The average Bonchev–Trinajstić information content (AvgIpc) is 2.59. The van der Waals surface area contributed by atoms with E-state index in [9.17, 15) is 20.1 Å². The third kappa shape index (κ3) is 3.14. The van der Waals surface area contributed by atoms with Crippen LogP contribution < -0.4 is 10.9 Å². The van der Waals surface area contributed by atoms with Crippen LogP contribution in [0, 0.1) is 13.8 Å². The van der Waals surface area contributed by atoms with Crippen LogP contribution in [0.3, 0.4) is 0 Å². The van der Waals surface area contributed by atoms with Crippen LogP contribution in [0.15, 0.2) is 27.4 Å². The SMILES string of the molecule is Cc1c(C)c2ccc(N[C@@H]3C(O)OC(CO)[C@@H](O)C3O)cc2oc1=O. The summed E-state index contributed by atoms with van der Waals surface area (Å²) in [6.45, 7) is 3.00. The van der Waals surface area contributed by atoms with Gasteiger partial charge in [0.05, 0.1) is 6.61 Å². The van der Waals surface area contributed by atoms with E-state index in [0.29, 0.717) is 16.8 Å². The number of benzene rings is 1. The zero-order valence-electron chi connectivity index (χ0n) is 13.8. The number of aliphatic hydroxyl groups is 4. The van der Waals surface area contributed by atoms with Crippen molar-refractivity contribution in [1.82, 2.24) is 0 Å². The summed E-state index contributed by atoms with van der Waals surface area (Å²) >= 11 is 0. The number of fused-ring (bicyclic) bond motifs is 1.